The Balaban J connectivity index is 0.999. The van der Waals surface area contributed by atoms with Gasteiger partial charge in [-0.15, -0.1) is 0 Å². The van der Waals surface area contributed by atoms with Gasteiger partial charge in [0, 0.05) is 78.8 Å². The zero-order valence-electron chi connectivity index (χ0n) is 42.1. The SMILES string of the molecule is CC(C)(C)[Si](OCCCc1c(Cl)cc2c(cnn2C2CCCCO2)c1-c1ncc2c(N3CCSCC(OC(=O)n4ccnc4)C3)nc(OC[C@@]34CCCN3C[C@H](F)C4)nc2c1F)(c1ccccc1)c1ccccc1. The summed E-state index contributed by atoms with van der Waals surface area (Å²) in [6, 6.07) is 23.0. The highest BCUT2D eigenvalue weighted by Gasteiger charge is 2.51. The lowest BCUT2D eigenvalue weighted by Crippen LogP contribution is -2.66. The molecular weight excluding hydrogens is 1000 g/mol. The predicted octanol–water partition coefficient (Wildman–Crippen LogP) is 9.80. The van der Waals surface area contributed by atoms with E-state index < -0.39 is 38.0 Å². The van der Waals surface area contributed by atoms with Crippen LogP contribution in [-0.4, -0.2) is 129 Å². The molecule has 11 rings (SSSR count). The minimum atomic E-state index is -2.87. The van der Waals surface area contributed by atoms with E-state index >= 15 is 8.78 Å². The van der Waals surface area contributed by atoms with Crippen LogP contribution >= 0.6 is 23.4 Å². The van der Waals surface area contributed by atoms with Crippen molar-refractivity contribution < 1.29 is 32.2 Å². The molecule has 388 valence electrons. The molecule has 2 unspecified atom stereocenters. The molecule has 7 aromatic rings. The summed E-state index contributed by atoms with van der Waals surface area (Å²) < 4.78 is 62.6. The maximum atomic E-state index is 18.3. The van der Waals surface area contributed by atoms with Crippen molar-refractivity contribution in [3.63, 3.8) is 0 Å². The van der Waals surface area contributed by atoms with E-state index in [2.05, 4.69) is 79.2 Å². The van der Waals surface area contributed by atoms with Crippen molar-refractivity contribution in [1.29, 1.82) is 0 Å². The summed E-state index contributed by atoms with van der Waals surface area (Å²) in [5, 5.41) is 8.51. The number of imidazole rings is 1. The maximum Gasteiger partial charge on any atom is 0.419 e. The number of fused-ring (bicyclic) bond motifs is 3. The van der Waals surface area contributed by atoms with Gasteiger partial charge in [-0.1, -0.05) is 93.0 Å². The summed E-state index contributed by atoms with van der Waals surface area (Å²) in [5.74, 6) is 0.940. The number of benzene rings is 3. The highest BCUT2D eigenvalue weighted by Crippen LogP contribution is 2.44. The second kappa shape index (κ2) is 21.3. The summed E-state index contributed by atoms with van der Waals surface area (Å²) in [7, 11) is -2.87. The summed E-state index contributed by atoms with van der Waals surface area (Å²) in [4.78, 5) is 36.1. The Morgan fingerprint density at radius 3 is 2.53 bits per heavy atom. The van der Waals surface area contributed by atoms with Gasteiger partial charge in [0.2, 0.25) is 0 Å². The molecule has 0 N–H and O–H groups in total. The standard InChI is InChI=1S/C55H62ClF2N9O5SSi/c1-54(2,3)74(39-14-6-4-7-15-39,40-16-8-5-9-17-40)71-26-12-18-41-44(56)28-45-42(31-61-67(45)46-19-10-11-25-69-46)47(41)50-48(58)49-43(30-60-50)51(63-52(62-49)70-35-55-20-13-22-66(55)32-37(57)29-55)64-24-27-73-34-38(33-64)72-53(68)65-23-21-59-36-65/h4-9,14-17,21,23,28,30-31,36-38,46H,10-13,18-20,22,24-27,29,32-35H2,1-3H3/t37-,38?,46?,55+/m1/s1. The highest BCUT2D eigenvalue weighted by molar-refractivity contribution is 7.99. The zero-order valence-corrected chi connectivity index (χ0v) is 44.7. The molecule has 14 nitrogen and oxygen atoms in total. The predicted molar refractivity (Wildman–Crippen MR) is 288 cm³/mol. The molecule has 0 saturated carbocycles. The number of hydrogen-bond donors (Lipinski definition) is 0. The lowest BCUT2D eigenvalue weighted by molar-refractivity contribution is -0.0366. The van der Waals surface area contributed by atoms with Crippen LogP contribution in [0.2, 0.25) is 10.1 Å². The first-order valence-corrected chi connectivity index (χ1v) is 29.3. The minimum Gasteiger partial charge on any atom is -0.461 e. The molecule has 74 heavy (non-hydrogen) atoms. The number of nitrogens with zero attached hydrogens (tertiary/aromatic N) is 9. The number of carbonyl (C=O) groups is 1. The molecule has 4 aliphatic rings. The van der Waals surface area contributed by atoms with E-state index in [1.165, 1.54) is 33.7 Å². The van der Waals surface area contributed by atoms with Crippen LogP contribution in [0.4, 0.5) is 19.4 Å². The Bertz CT molecular complexity index is 3070. The molecule has 0 spiro atoms. The molecule has 0 amide bonds. The van der Waals surface area contributed by atoms with Crippen LogP contribution in [0, 0.1) is 5.82 Å². The third kappa shape index (κ3) is 9.70. The fraction of sp³-hybridized carbons (Fsp3) is 0.455. The van der Waals surface area contributed by atoms with Gasteiger partial charge in [0.1, 0.15) is 42.2 Å². The number of anilines is 1. The van der Waals surface area contributed by atoms with Crippen LogP contribution in [0.5, 0.6) is 6.01 Å². The Labute approximate surface area is 440 Å². The van der Waals surface area contributed by atoms with Gasteiger partial charge in [0.05, 0.1) is 29.2 Å². The number of carbonyl (C=O) groups excluding carboxylic acids is 1. The van der Waals surface area contributed by atoms with Crippen molar-refractivity contribution in [1.82, 2.24) is 39.2 Å². The van der Waals surface area contributed by atoms with Crippen molar-refractivity contribution in [3.8, 4) is 17.3 Å². The van der Waals surface area contributed by atoms with Gasteiger partial charge in [-0.2, -0.15) is 26.8 Å². The second-order valence-electron chi connectivity index (χ2n) is 21.0. The van der Waals surface area contributed by atoms with Gasteiger partial charge in [-0.3, -0.25) is 9.88 Å². The van der Waals surface area contributed by atoms with Gasteiger partial charge in [0.15, 0.2) is 12.0 Å². The number of alkyl halides is 1. The smallest absolute Gasteiger partial charge is 0.419 e. The zero-order chi connectivity index (χ0) is 51.0. The molecule has 8 heterocycles. The Morgan fingerprint density at radius 1 is 1.00 bits per heavy atom. The highest BCUT2D eigenvalue weighted by atomic mass is 35.5. The van der Waals surface area contributed by atoms with Crippen molar-refractivity contribution in [2.24, 2.45) is 0 Å². The lowest BCUT2D eigenvalue weighted by Gasteiger charge is -2.43. The van der Waals surface area contributed by atoms with E-state index in [-0.39, 0.29) is 41.6 Å². The van der Waals surface area contributed by atoms with Crippen LogP contribution in [0.3, 0.4) is 0 Å². The molecule has 3 aromatic carbocycles. The van der Waals surface area contributed by atoms with Gasteiger partial charge < -0.3 is 23.5 Å². The van der Waals surface area contributed by atoms with Crippen LogP contribution in [-0.2, 0) is 20.3 Å². The number of thioether (sulfide) groups is 1. The average Bonchev–Trinajstić information content (AvgIpc) is 4.21. The van der Waals surface area contributed by atoms with Crippen LogP contribution < -0.4 is 20.0 Å². The summed E-state index contributed by atoms with van der Waals surface area (Å²) in [6.45, 7) is 9.86. The lowest BCUT2D eigenvalue weighted by atomic mass is 9.95. The summed E-state index contributed by atoms with van der Waals surface area (Å²) >= 11 is 9.10. The van der Waals surface area contributed by atoms with E-state index in [9.17, 15) is 4.79 Å². The van der Waals surface area contributed by atoms with Gasteiger partial charge in [0.25, 0.3) is 8.32 Å². The summed E-state index contributed by atoms with van der Waals surface area (Å²) in [5.41, 5.74) is 1.49. The molecule has 4 aromatic heterocycles. The van der Waals surface area contributed by atoms with E-state index in [0.717, 1.165) is 38.6 Å². The van der Waals surface area contributed by atoms with E-state index in [1.54, 1.807) is 24.2 Å². The van der Waals surface area contributed by atoms with Crippen LogP contribution in [0.15, 0.2) is 97.8 Å². The van der Waals surface area contributed by atoms with Crippen molar-refractivity contribution in [2.45, 2.75) is 101 Å². The first-order chi connectivity index (χ1) is 35.9. The molecule has 4 fully saturated rings. The number of pyridine rings is 1. The van der Waals surface area contributed by atoms with E-state index in [0.29, 0.717) is 95.3 Å². The van der Waals surface area contributed by atoms with Gasteiger partial charge in [-0.25, -0.2) is 27.8 Å². The average molecular weight is 1060 g/mol. The number of aromatic nitrogens is 7. The molecular formula is C55H62ClF2N9O5SSi. The normalized spacial score (nSPS) is 21.8. The topological polar surface area (TPSA) is 135 Å². The first-order valence-electron chi connectivity index (χ1n) is 25.9. The molecule has 4 atom stereocenters. The number of ether oxygens (including phenoxy) is 3. The third-order valence-electron chi connectivity index (χ3n) is 15.3. The Morgan fingerprint density at radius 2 is 1.80 bits per heavy atom. The van der Waals surface area contributed by atoms with Crippen molar-refractivity contribution >= 4 is 75.8 Å². The monoisotopic (exact) mass is 1060 g/mol. The molecule has 4 saturated heterocycles. The Hall–Kier alpha value is -5.50. The molecule has 0 aliphatic carbocycles. The second-order valence-corrected chi connectivity index (χ2v) is 26.9. The molecule has 0 radical (unpaired) electrons. The van der Waals surface area contributed by atoms with Gasteiger partial charge >= 0.3 is 12.1 Å². The molecule has 4 aliphatic heterocycles. The van der Waals surface area contributed by atoms with Crippen LogP contribution in [0.25, 0.3) is 33.1 Å². The Kier molecular flexibility index (Phi) is 14.5. The maximum absolute atomic E-state index is 18.3. The van der Waals surface area contributed by atoms with Crippen molar-refractivity contribution in [3.05, 3.63) is 114 Å². The van der Waals surface area contributed by atoms with Crippen LogP contribution in [0.1, 0.15) is 77.5 Å². The fourth-order valence-electron chi connectivity index (χ4n) is 11.9. The van der Waals surface area contributed by atoms with Crippen molar-refractivity contribution in [2.75, 3.05) is 62.4 Å². The first kappa shape index (κ1) is 50.6. The fourth-order valence-corrected chi connectivity index (χ4v) is 17.7. The molecule has 19 heteroatoms. The largest absolute Gasteiger partial charge is 0.461 e. The van der Waals surface area contributed by atoms with E-state index in [4.69, 9.17) is 50.3 Å². The minimum absolute atomic E-state index is 0.00604. The number of halogens is 3. The van der Waals surface area contributed by atoms with E-state index in [1.807, 2.05) is 27.8 Å². The number of hydrogen-bond acceptors (Lipinski definition) is 13. The summed E-state index contributed by atoms with van der Waals surface area (Å²) in [6.07, 6.45) is 11.3. The molecule has 0 bridgehead atoms. The number of rotatable bonds is 14. The third-order valence-corrected chi connectivity index (χ3v) is 21.8. The van der Waals surface area contributed by atoms with Gasteiger partial charge in [-0.05, 0) is 78.5 Å². The quantitative estimate of drug-likeness (QED) is 0.0757.